The fourth-order valence-corrected chi connectivity index (χ4v) is 4.26. The van der Waals surface area contributed by atoms with Crippen LogP contribution in [0.5, 0.6) is 0 Å². The lowest BCUT2D eigenvalue weighted by atomic mass is 9.95. The molecule has 3 aromatic rings. The van der Waals surface area contributed by atoms with E-state index in [1.807, 2.05) is 11.6 Å². The highest BCUT2D eigenvalue weighted by Gasteiger charge is 2.32. The van der Waals surface area contributed by atoms with Crippen LogP contribution in [0.3, 0.4) is 0 Å². The molecule has 1 atom stereocenters. The number of nitrogens with zero attached hydrogens (tertiary/aromatic N) is 6. The topological polar surface area (TPSA) is 103 Å². The highest BCUT2D eigenvalue weighted by molar-refractivity contribution is 5.96. The normalized spacial score (nSPS) is 18.6. The van der Waals surface area contributed by atoms with Crippen LogP contribution in [0.1, 0.15) is 54.2 Å². The van der Waals surface area contributed by atoms with Crippen molar-refractivity contribution in [1.82, 2.24) is 34.4 Å². The number of halogens is 3. The van der Waals surface area contributed by atoms with Gasteiger partial charge in [0.2, 0.25) is 5.82 Å². The summed E-state index contributed by atoms with van der Waals surface area (Å²) in [6.45, 7) is 0.683. The molecule has 3 heterocycles. The van der Waals surface area contributed by atoms with Crippen LogP contribution in [-0.4, -0.2) is 53.7 Å². The van der Waals surface area contributed by atoms with Crippen LogP contribution in [0.4, 0.5) is 19.0 Å². The first-order valence-electron chi connectivity index (χ1n) is 10.7. The SMILES string of the molecule is CCn1c(C(=O)NCC(F)(F)F)nc2c(N[C@H]3CCc4ncn(C5CC5)c4C3)ncnc21. The van der Waals surface area contributed by atoms with Gasteiger partial charge in [0.05, 0.1) is 12.0 Å². The Kier molecular flexibility index (Phi) is 5.01. The van der Waals surface area contributed by atoms with Gasteiger partial charge in [-0.15, -0.1) is 0 Å². The first-order chi connectivity index (χ1) is 15.3. The first kappa shape index (κ1) is 20.7. The maximum absolute atomic E-state index is 12.5. The summed E-state index contributed by atoms with van der Waals surface area (Å²) in [5, 5.41) is 5.30. The maximum atomic E-state index is 12.5. The number of fused-ring (bicyclic) bond motifs is 2. The minimum Gasteiger partial charge on any atom is -0.365 e. The number of carbonyl (C=O) groups is 1. The molecule has 5 rings (SSSR count). The molecule has 2 N–H and O–H groups in total. The highest BCUT2D eigenvalue weighted by atomic mass is 19.4. The van der Waals surface area contributed by atoms with Gasteiger partial charge in [0.1, 0.15) is 12.9 Å². The molecule has 32 heavy (non-hydrogen) atoms. The second-order valence-electron chi connectivity index (χ2n) is 8.23. The third-order valence-corrected chi connectivity index (χ3v) is 5.93. The monoisotopic (exact) mass is 448 g/mol. The number of nitrogens with one attached hydrogen (secondary N) is 2. The van der Waals surface area contributed by atoms with Gasteiger partial charge >= 0.3 is 6.18 Å². The van der Waals surface area contributed by atoms with Gasteiger partial charge in [-0.3, -0.25) is 4.79 Å². The number of alkyl halides is 3. The Bertz CT molecular complexity index is 1160. The summed E-state index contributed by atoms with van der Waals surface area (Å²) in [5.41, 5.74) is 3.16. The number of carbonyl (C=O) groups excluding carboxylic acids is 1. The number of rotatable bonds is 6. The Morgan fingerprint density at radius 1 is 1.22 bits per heavy atom. The Balaban J connectivity index is 1.40. The van der Waals surface area contributed by atoms with Crippen molar-refractivity contribution in [2.75, 3.05) is 11.9 Å². The summed E-state index contributed by atoms with van der Waals surface area (Å²) in [7, 11) is 0. The van der Waals surface area contributed by atoms with Gasteiger partial charge in [0.15, 0.2) is 17.0 Å². The molecule has 0 bridgehead atoms. The van der Waals surface area contributed by atoms with E-state index in [0.717, 1.165) is 25.0 Å². The molecule has 12 heteroatoms. The minimum atomic E-state index is -4.50. The van der Waals surface area contributed by atoms with E-state index < -0.39 is 18.6 Å². The molecular weight excluding hydrogens is 425 g/mol. The number of aromatic nitrogens is 6. The van der Waals surface area contributed by atoms with Crippen molar-refractivity contribution in [2.45, 2.75) is 63.8 Å². The molecule has 0 unspecified atom stereocenters. The van der Waals surface area contributed by atoms with Crippen molar-refractivity contribution < 1.29 is 18.0 Å². The number of anilines is 1. The van der Waals surface area contributed by atoms with Gasteiger partial charge in [-0.1, -0.05) is 0 Å². The van der Waals surface area contributed by atoms with Crippen molar-refractivity contribution in [2.24, 2.45) is 0 Å². The summed E-state index contributed by atoms with van der Waals surface area (Å²) < 4.78 is 41.3. The van der Waals surface area contributed by atoms with Gasteiger partial charge in [-0.25, -0.2) is 19.9 Å². The van der Waals surface area contributed by atoms with Gasteiger partial charge in [-0.05, 0) is 32.6 Å². The number of aryl methyl sites for hydroxylation is 2. The van der Waals surface area contributed by atoms with E-state index in [4.69, 9.17) is 0 Å². The number of amides is 1. The molecule has 0 aromatic carbocycles. The molecule has 0 saturated heterocycles. The Morgan fingerprint density at radius 3 is 2.75 bits per heavy atom. The number of hydrogen-bond donors (Lipinski definition) is 2. The van der Waals surface area contributed by atoms with Crippen LogP contribution in [0.2, 0.25) is 0 Å². The Labute approximate surface area is 181 Å². The van der Waals surface area contributed by atoms with Gasteiger partial charge in [-0.2, -0.15) is 13.2 Å². The van der Waals surface area contributed by atoms with Crippen LogP contribution in [0, 0.1) is 0 Å². The molecule has 1 fully saturated rings. The summed E-state index contributed by atoms with van der Waals surface area (Å²) >= 11 is 0. The Morgan fingerprint density at radius 2 is 2.03 bits per heavy atom. The van der Waals surface area contributed by atoms with Crippen LogP contribution in [0.15, 0.2) is 12.7 Å². The molecule has 170 valence electrons. The van der Waals surface area contributed by atoms with Crippen molar-refractivity contribution in [3.63, 3.8) is 0 Å². The smallest absolute Gasteiger partial charge is 0.365 e. The molecule has 1 saturated carbocycles. The fourth-order valence-electron chi connectivity index (χ4n) is 4.26. The summed E-state index contributed by atoms with van der Waals surface area (Å²) in [4.78, 5) is 29.8. The van der Waals surface area contributed by atoms with Crippen LogP contribution >= 0.6 is 0 Å². The van der Waals surface area contributed by atoms with E-state index in [1.54, 1.807) is 6.92 Å². The lowest BCUT2D eigenvalue weighted by molar-refractivity contribution is -0.123. The lowest BCUT2D eigenvalue weighted by Crippen LogP contribution is -2.35. The zero-order valence-electron chi connectivity index (χ0n) is 17.5. The highest BCUT2D eigenvalue weighted by Crippen LogP contribution is 2.38. The van der Waals surface area contributed by atoms with Crippen molar-refractivity contribution in [3.05, 3.63) is 29.9 Å². The van der Waals surface area contributed by atoms with Crippen molar-refractivity contribution >= 4 is 22.9 Å². The molecule has 0 radical (unpaired) electrons. The minimum absolute atomic E-state index is 0.101. The molecule has 1 amide bonds. The first-order valence-corrected chi connectivity index (χ1v) is 10.7. The van der Waals surface area contributed by atoms with Gasteiger partial charge < -0.3 is 19.8 Å². The Hall–Kier alpha value is -3.18. The second kappa shape index (κ2) is 7.75. The molecular formula is C20H23F3N8O. The number of imidazole rings is 2. The fraction of sp³-hybridized carbons (Fsp3) is 0.550. The summed E-state index contributed by atoms with van der Waals surface area (Å²) in [6.07, 6.45) is 3.69. The molecule has 2 aliphatic carbocycles. The van der Waals surface area contributed by atoms with E-state index >= 15 is 0 Å². The van der Waals surface area contributed by atoms with Crippen molar-refractivity contribution in [3.8, 4) is 0 Å². The zero-order valence-corrected chi connectivity index (χ0v) is 17.5. The van der Waals surface area contributed by atoms with Crippen LogP contribution < -0.4 is 10.6 Å². The average molecular weight is 448 g/mol. The third kappa shape index (κ3) is 3.89. The average Bonchev–Trinajstić information content (AvgIpc) is 3.39. The summed E-state index contributed by atoms with van der Waals surface area (Å²) in [5.74, 6) is -0.546. The molecule has 3 aromatic heterocycles. The predicted octanol–water partition coefficient (Wildman–Crippen LogP) is 2.64. The molecule has 0 spiro atoms. The van der Waals surface area contributed by atoms with Gasteiger partial charge in [0.25, 0.3) is 5.91 Å². The van der Waals surface area contributed by atoms with E-state index in [1.165, 1.54) is 29.4 Å². The largest absolute Gasteiger partial charge is 0.405 e. The molecule has 0 aliphatic heterocycles. The standard InChI is InChI=1S/C20H23F3N8O/c1-2-30-17-15(29-18(30)19(32)24-8-20(21,22)23)16(25-9-26-17)28-11-3-6-13-14(7-11)31(10-27-13)12-4-5-12/h9-12H,2-8H2,1H3,(H,24,32)(H,25,26,28)/t11-/m0/s1. The lowest BCUT2D eigenvalue weighted by Gasteiger charge is -2.24. The quantitative estimate of drug-likeness (QED) is 0.601. The van der Waals surface area contributed by atoms with Crippen molar-refractivity contribution in [1.29, 1.82) is 0 Å². The third-order valence-electron chi connectivity index (χ3n) is 5.93. The van der Waals surface area contributed by atoms with E-state index in [0.29, 0.717) is 29.6 Å². The van der Waals surface area contributed by atoms with E-state index in [2.05, 4.69) is 29.8 Å². The predicted molar refractivity (Wildman–Crippen MR) is 109 cm³/mol. The van der Waals surface area contributed by atoms with Crippen LogP contribution in [0.25, 0.3) is 11.2 Å². The van der Waals surface area contributed by atoms with E-state index in [9.17, 15) is 18.0 Å². The summed E-state index contributed by atoms with van der Waals surface area (Å²) in [6, 6.07) is 0.651. The van der Waals surface area contributed by atoms with Gasteiger partial charge in [0, 0.05) is 30.7 Å². The van der Waals surface area contributed by atoms with E-state index in [-0.39, 0.29) is 11.9 Å². The molecule has 9 nitrogen and oxygen atoms in total. The number of hydrogen-bond acceptors (Lipinski definition) is 6. The zero-order chi connectivity index (χ0) is 22.5. The second-order valence-corrected chi connectivity index (χ2v) is 8.23. The molecule has 2 aliphatic rings. The van der Waals surface area contributed by atoms with Crippen LogP contribution in [-0.2, 0) is 19.4 Å². The maximum Gasteiger partial charge on any atom is 0.405 e.